The van der Waals surface area contributed by atoms with Crippen LogP contribution in [-0.4, -0.2) is 15.7 Å². The summed E-state index contributed by atoms with van der Waals surface area (Å²) in [5.74, 6) is 2.11. The maximum absolute atomic E-state index is 11.1. The minimum absolute atomic E-state index is 0.170. The third kappa shape index (κ3) is 2.99. The molecular weight excluding hydrogens is 210 g/mol. The van der Waals surface area contributed by atoms with E-state index in [4.69, 9.17) is 5.73 Å². The van der Waals surface area contributed by atoms with Crippen LogP contribution in [0.5, 0.6) is 0 Å². The lowest BCUT2D eigenvalue weighted by atomic mass is 10.1. The first-order chi connectivity index (χ1) is 7.24. The molecule has 1 aromatic rings. The average molecular weight is 225 g/mol. The van der Waals surface area contributed by atoms with Crippen LogP contribution in [0.15, 0.2) is 16.0 Å². The van der Waals surface area contributed by atoms with Crippen LogP contribution in [0.25, 0.3) is 0 Å². The summed E-state index contributed by atoms with van der Waals surface area (Å²) in [5.41, 5.74) is 5.33. The monoisotopic (exact) mass is 225 g/mol. The standard InChI is InChI=1S/C10H15N3OS/c11-8-5-9(14)13-10(12-8)15-6-7-3-1-2-4-7/h5,7H,1-4,6H2,(H3,11,12,13,14). The van der Waals surface area contributed by atoms with Gasteiger partial charge in [0, 0.05) is 11.8 Å². The number of nitrogens with zero attached hydrogens (tertiary/aromatic N) is 1. The molecule has 0 spiro atoms. The Balaban J connectivity index is 1.95. The van der Waals surface area contributed by atoms with Gasteiger partial charge in [0.05, 0.1) is 0 Å². The van der Waals surface area contributed by atoms with Crippen molar-refractivity contribution in [1.29, 1.82) is 0 Å². The molecule has 0 atom stereocenters. The quantitative estimate of drug-likeness (QED) is 0.606. The summed E-state index contributed by atoms with van der Waals surface area (Å²) >= 11 is 1.60. The number of rotatable bonds is 3. The second-order valence-electron chi connectivity index (χ2n) is 3.94. The number of thioether (sulfide) groups is 1. The van der Waals surface area contributed by atoms with Crippen molar-refractivity contribution in [1.82, 2.24) is 9.97 Å². The average Bonchev–Trinajstić information content (AvgIpc) is 2.65. The van der Waals surface area contributed by atoms with Gasteiger partial charge in [-0.05, 0) is 18.8 Å². The van der Waals surface area contributed by atoms with Crippen LogP contribution in [0.1, 0.15) is 25.7 Å². The van der Waals surface area contributed by atoms with Crippen molar-refractivity contribution in [3.63, 3.8) is 0 Å². The highest BCUT2D eigenvalue weighted by molar-refractivity contribution is 7.99. The highest BCUT2D eigenvalue weighted by Gasteiger charge is 2.15. The lowest BCUT2D eigenvalue weighted by molar-refractivity contribution is 0.622. The van der Waals surface area contributed by atoms with Crippen LogP contribution in [0.4, 0.5) is 5.82 Å². The van der Waals surface area contributed by atoms with Crippen molar-refractivity contribution in [2.75, 3.05) is 11.5 Å². The number of hydrogen-bond acceptors (Lipinski definition) is 4. The third-order valence-corrected chi connectivity index (χ3v) is 3.78. The molecule has 0 radical (unpaired) electrons. The fourth-order valence-corrected chi connectivity index (χ4v) is 2.97. The number of nitrogens with one attached hydrogen (secondary N) is 1. The minimum atomic E-state index is -0.170. The van der Waals surface area contributed by atoms with E-state index in [9.17, 15) is 4.79 Å². The maximum atomic E-state index is 11.1. The highest BCUT2D eigenvalue weighted by Crippen LogP contribution is 2.29. The van der Waals surface area contributed by atoms with E-state index in [-0.39, 0.29) is 5.56 Å². The number of nitrogens with two attached hydrogens (primary N) is 1. The van der Waals surface area contributed by atoms with Crippen LogP contribution in [0.2, 0.25) is 0 Å². The first-order valence-corrected chi connectivity index (χ1v) is 6.22. The van der Waals surface area contributed by atoms with E-state index in [2.05, 4.69) is 9.97 Å². The molecule has 3 N–H and O–H groups in total. The largest absolute Gasteiger partial charge is 0.383 e. The van der Waals surface area contributed by atoms with Crippen LogP contribution >= 0.6 is 11.8 Å². The molecular formula is C10H15N3OS. The summed E-state index contributed by atoms with van der Waals surface area (Å²) in [4.78, 5) is 17.9. The molecule has 15 heavy (non-hydrogen) atoms. The van der Waals surface area contributed by atoms with Gasteiger partial charge in [-0.25, -0.2) is 4.98 Å². The fraction of sp³-hybridized carbons (Fsp3) is 0.600. The van der Waals surface area contributed by atoms with Gasteiger partial charge in [0.1, 0.15) is 5.82 Å². The second kappa shape index (κ2) is 4.70. The van der Waals surface area contributed by atoms with Crippen molar-refractivity contribution in [3.8, 4) is 0 Å². The predicted molar refractivity (Wildman–Crippen MR) is 62.0 cm³/mol. The van der Waals surface area contributed by atoms with Crippen LogP contribution < -0.4 is 11.3 Å². The summed E-state index contributed by atoms with van der Waals surface area (Å²) < 4.78 is 0. The fourth-order valence-electron chi connectivity index (χ4n) is 1.90. The zero-order chi connectivity index (χ0) is 10.7. The number of H-pyrrole nitrogens is 1. The number of anilines is 1. The van der Waals surface area contributed by atoms with E-state index in [1.165, 1.54) is 31.7 Å². The summed E-state index contributed by atoms with van der Waals surface area (Å²) in [5, 5.41) is 0.645. The molecule has 1 fully saturated rings. The first-order valence-electron chi connectivity index (χ1n) is 5.23. The Kier molecular flexibility index (Phi) is 3.30. The Hall–Kier alpha value is -0.970. The lowest BCUT2D eigenvalue weighted by Gasteiger charge is -2.07. The smallest absolute Gasteiger partial charge is 0.253 e. The van der Waals surface area contributed by atoms with Gasteiger partial charge in [-0.1, -0.05) is 24.6 Å². The molecule has 1 saturated carbocycles. The normalized spacial score (nSPS) is 17.1. The minimum Gasteiger partial charge on any atom is -0.383 e. The number of aromatic amines is 1. The summed E-state index contributed by atoms with van der Waals surface area (Å²) in [6.45, 7) is 0. The Bertz CT molecular complexity index is 384. The van der Waals surface area contributed by atoms with E-state index >= 15 is 0 Å². The molecule has 4 nitrogen and oxygen atoms in total. The summed E-state index contributed by atoms with van der Waals surface area (Å²) in [6, 6.07) is 1.31. The van der Waals surface area contributed by atoms with Crippen molar-refractivity contribution in [2.24, 2.45) is 5.92 Å². The molecule has 1 aliphatic carbocycles. The van der Waals surface area contributed by atoms with E-state index in [1.807, 2.05) is 0 Å². The van der Waals surface area contributed by atoms with Crippen LogP contribution in [-0.2, 0) is 0 Å². The van der Waals surface area contributed by atoms with Gasteiger partial charge in [-0.15, -0.1) is 0 Å². The highest BCUT2D eigenvalue weighted by atomic mass is 32.2. The van der Waals surface area contributed by atoms with E-state index in [0.717, 1.165) is 11.7 Å². The molecule has 5 heteroatoms. The molecule has 1 heterocycles. The van der Waals surface area contributed by atoms with E-state index < -0.39 is 0 Å². The van der Waals surface area contributed by atoms with Gasteiger partial charge >= 0.3 is 0 Å². The van der Waals surface area contributed by atoms with E-state index in [0.29, 0.717) is 11.0 Å². The molecule has 1 aromatic heterocycles. The van der Waals surface area contributed by atoms with Gasteiger partial charge < -0.3 is 10.7 Å². The van der Waals surface area contributed by atoms with E-state index in [1.54, 1.807) is 11.8 Å². The van der Waals surface area contributed by atoms with Gasteiger partial charge in [-0.3, -0.25) is 4.79 Å². The molecule has 0 bridgehead atoms. The zero-order valence-corrected chi connectivity index (χ0v) is 9.35. The molecule has 0 saturated heterocycles. The Morgan fingerprint density at radius 2 is 2.27 bits per heavy atom. The van der Waals surface area contributed by atoms with Crippen molar-refractivity contribution >= 4 is 17.6 Å². The molecule has 0 aliphatic heterocycles. The Morgan fingerprint density at radius 1 is 1.53 bits per heavy atom. The van der Waals surface area contributed by atoms with Gasteiger partial charge in [0.2, 0.25) is 0 Å². The molecule has 0 unspecified atom stereocenters. The predicted octanol–water partition coefficient (Wildman–Crippen LogP) is 1.63. The molecule has 1 aliphatic rings. The number of aromatic nitrogens is 2. The molecule has 0 aromatic carbocycles. The van der Waals surface area contributed by atoms with Gasteiger partial charge in [0.15, 0.2) is 5.16 Å². The van der Waals surface area contributed by atoms with Crippen molar-refractivity contribution < 1.29 is 0 Å². The number of nitrogen functional groups attached to an aromatic ring is 1. The molecule has 0 amide bonds. The summed E-state index contributed by atoms with van der Waals surface area (Å²) in [6.07, 6.45) is 5.29. The maximum Gasteiger partial charge on any atom is 0.253 e. The Labute approximate surface area is 92.7 Å². The van der Waals surface area contributed by atoms with Crippen molar-refractivity contribution in [2.45, 2.75) is 30.8 Å². The lowest BCUT2D eigenvalue weighted by Crippen LogP contribution is -2.10. The van der Waals surface area contributed by atoms with Crippen LogP contribution in [0, 0.1) is 5.92 Å². The third-order valence-electron chi connectivity index (χ3n) is 2.67. The van der Waals surface area contributed by atoms with Crippen LogP contribution in [0.3, 0.4) is 0 Å². The SMILES string of the molecule is Nc1cc(=O)[nH]c(SCC2CCCC2)n1. The zero-order valence-electron chi connectivity index (χ0n) is 8.53. The Morgan fingerprint density at radius 3 is 2.93 bits per heavy atom. The van der Waals surface area contributed by atoms with Gasteiger partial charge in [0.25, 0.3) is 5.56 Å². The topological polar surface area (TPSA) is 71.8 Å². The first kappa shape index (κ1) is 10.5. The number of hydrogen-bond donors (Lipinski definition) is 2. The molecule has 2 rings (SSSR count). The van der Waals surface area contributed by atoms with Crippen molar-refractivity contribution in [3.05, 3.63) is 16.4 Å². The second-order valence-corrected chi connectivity index (χ2v) is 4.95. The van der Waals surface area contributed by atoms with Gasteiger partial charge in [-0.2, -0.15) is 0 Å². The summed E-state index contributed by atoms with van der Waals surface area (Å²) in [7, 11) is 0. The molecule has 82 valence electrons.